The zero-order valence-corrected chi connectivity index (χ0v) is 17.7. The van der Waals surface area contributed by atoms with Crippen LogP contribution in [0.2, 0.25) is 5.02 Å². The number of carbonyl (C=O) groups excluding carboxylic acids is 1. The Morgan fingerprint density at radius 1 is 1.12 bits per heavy atom. The molecule has 1 amide bonds. The molecule has 0 saturated carbocycles. The van der Waals surface area contributed by atoms with Gasteiger partial charge in [-0.3, -0.25) is 4.79 Å². The molecule has 2 aromatic heterocycles. The number of benzene rings is 2. The van der Waals surface area contributed by atoms with Gasteiger partial charge in [0, 0.05) is 10.7 Å². The van der Waals surface area contributed by atoms with E-state index < -0.39 is 17.6 Å². The van der Waals surface area contributed by atoms with Gasteiger partial charge < -0.3 is 5.32 Å². The van der Waals surface area contributed by atoms with Crippen LogP contribution in [0.5, 0.6) is 0 Å². The standard InChI is InChI=1S/C20H14ClF3N6OS/c21-14-6-4-12(5-7-14)9-30-18-17(28-29-30)19(26-11-25-18)32-10-16(31)27-15-3-1-2-13(8-15)20(22,23)24/h1-8,11H,9-10H2,(H,27,31). The van der Waals surface area contributed by atoms with Crippen LogP contribution in [-0.4, -0.2) is 36.6 Å². The first-order chi connectivity index (χ1) is 15.3. The molecular weight excluding hydrogens is 465 g/mol. The van der Waals surface area contributed by atoms with Crippen LogP contribution >= 0.6 is 23.4 Å². The van der Waals surface area contributed by atoms with E-state index in [2.05, 4.69) is 25.6 Å². The Morgan fingerprint density at radius 3 is 2.66 bits per heavy atom. The third-order valence-electron chi connectivity index (χ3n) is 4.33. The number of fused-ring (bicyclic) bond motifs is 1. The van der Waals surface area contributed by atoms with Crippen LogP contribution in [0.1, 0.15) is 11.1 Å². The lowest BCUT2D eigenvalue weighted by Gasteiger charge is -2.09. The van der Waals surface area contributed by atoms with Crippen LogP contribution in [0, 0.1) is 0 Å². The lowest BCUT2D eigenvalue weighted by Crippen LogP contribution is -2.15. The van der Waals surface area contributed by atoms with Gasteiger partial charge in [-0.1, -0.05) is 46.8 Å². The predicted molar refractivity (Wildman–Crippen MR) is 114 cm³/mol. The second-order valence-electron chi connectivity index (χ2n) is 6.64. The fourth-order valence-electron chi connectivity index (χ4n) is 2.85. The summed E-state index contributed by atoms with van der Waals surface area (Å²) in [5.74, 6) is -0.554. The number of anilines is 1. The molecule has 0 fully saturated rings. The third-order valence-corrected chi connectivity index (χ3v) is 5.56. The molecule has 0 aliphatic carbocycles. The number of rotatable bonds is 6. The zero-order valence-electron chi connectivity index (χ0n) is 16.2. The van der Waals surface area contributed by atoms with Gasteiger partial charge in [-0.25, -0.2) is 14.6 Å². The lowest BCUT2D eigenvalue weighted by molar-refractivity contribution is -0.137. The molecule has 0 radical (unpaired) electrons. The monoisotopic (exact) mass is 478 g/mol. The highest BCUT2D eigenvalue weighted by molar-refractivity contribution is 8.00. The largest absolute Gasteiger partial charge is 0.416 e. The van der Waals surface area contributed by atoms with Crippen molar-refractivity contribution in [2.24, 2.45) is 0 Å². The molecule has 7 nitrogen and oxygen atoms in total. The van der Waals surface area contributed by atoms with E-state index in [0.717, 1.165) is 29.5 Å². The molecule has 0 unspecified atom stereocenters. The van der Waals surface area contributed by atoms with Crippen LogP contribution in [-0.2, 0) is 17.5 Å². The van der Waals surface area contributed by atoms with Crippen molar-refractivity contribution in [2.45, 2.75) is 17.7 Å². The van der Waals surface area contributed by atoms with Gasteiger partial charge in [0.15, 0.2) is 11.2 Å². The topological polar surface area (TPSA) is 85.6 Å². The Balaban J connectivity index is 1.44. The van der Waals surface area contributed by atoms with Gasteiger partial charge in [-0.2, -0.15) is 13.2 Å². The van der Waals surface area contributed by atoms with Crippen LogP contribution in [0.3, 0.4) is 0 Å². The van der Waals surface area contributed by atoms with E-state index in [1.54, 1.807) is 16.8 Å². The second-order valence-corrected chi connectivity index (χ2v) is 8.04. The van der Waals surface area contributed by atoms with Gasteiger partial charge in [-0.15, -0.1) is 5.10 Å². The van der Waals surface area contributed by atoms with Crippen molar-refractivity contribution in [3.8, 4) is 0 Å². The van der Waals surface area contributed by atoms with E-state index in [4.69, 9.17) is 11.6 Å². The number of alkyl halides is 3. The zero-order chi connectivity index (χ0) is 22.7. The van der Waals surface area contributed by atoms with Crippen molar-refractivity contribution >= 4 is 46.1 Å². The Morgan fingerprint density at radius 2 is 1.91 bits per heavy atom. The van der Waals surface area contributed by atoms with Crippen LogP contribution in [0.15, 0.2) is 59.9 Å². The maximum atomic E-state index is 12.8. The van der Waals surface area contributed by atoms with E-state index in [9.17, 15) is 18.0 Å². The van der Waals surface area contributed by atoms with Crippen LogP contribution in [0.25, 0.3) is 11.2 Å². The summed E-state index contributed by atoms with van der Waals surface area (Å²) in [7, 11) is 0. The van der Waals surface area contributed by atoms with Crippen molar-refractivity contribution in [2.75, 3.05) is 11.1 Å². The number of halogens is 4. The second kappa shape index (κ2) is 9.13. The van der Waals surface area contributed by atoms with Crippen molar-refractivity contribution < 1.29 is 18.0 Å². The summed E-state index contributed by atoms with van der Waals surface area (Å²) in [5, 5.41) is 11.8. The van der Waals surface area contributed by atoms with Gasteiger partial charge in [0.25, 0.3) is 0 Å². The predicted octanol–water partition coefficient (Wildman–Crippen LogP) is 4.67. The number of nitrogens with one attached hydrogen (secondary N) is 1. The Bertz CT molecular complexity index is 1260. The highest BCUT2D eigenvalue weighted by Gasteiger charge is 2.30. The molecule has 1 N–H and O–H groups in total. The number of carbonyl (C=O) groups is 1. The summed E-state index contributed by atoms with van der Waals surface area (Å²) in [6.45, 7) is 0.421. The number of hydrogen-bond donors (Lipinski definition) is 1. The van der Waals surface area contributed by atoms with Gasteiger partial charge in [0.1, 0.15) is 11.4 Å². The summed E-state index contributed by atoms with van der Waals surface area (Å²) in [6, 6.07) is 11.7. The molecule has 4 aromatic rings. The van der Waals surface area contributed by atoms with E-state index in [-0.39, 0.29) is 11.4 Å². The fraction of sp³-hybridized carbons (Fsp3) is 0.150. The normalized spacial score (nSPS) is 11.6. The SMILES string of the molecule is O=C(CSc1ncnc2c1nnn2Cc1ccc(Cl)cc1)Nc1cccc(C(F)(F)F)c1. The van der Waals surface area contributed by atoms with Crippen LogP contribution < -0.4 is 5.32 Å². The van der Waals surface area contributed by atoms with Gasteiger partial charge >= 0.3 is 6.18 Å². The highest BCUT2D eigenvalue weighted by atomic mass is 35.5. The summed E-state index contributed by atoms with van der Waals surface area (Å²) in [5.41, 5.74) is 1.11. The van der Waals surface area contributed by atoms with Gasteiger partial charge in [0.05, 0.1) is 17.9 Å². The smallest absolute Gasteiger partial charge is 0.325 e. The number of nitrogens with zero attached hydrogens (tertiary/aromatic N) is 5. The minimum atomic E-state index is -4.49. The molecule has 32 heavy (non-hydrogen) atoms. The minimum Gasteiger partial charge on any atom is -0.325 e. The van der Waals surface area contributed by atoms with Crippen molar-refractivity contribution in [1.29, 1.82) is 0 Å². The van der Waals surface area contributed by atoms with Crippen molar-refractivity contribution in [3.63, 3.8) is 0 Å². The first-order valence-corrected chi connectivity index (χ1v) is 10.5. The molecule has 2 aromatic carbocycles. The molecule has 0 aliphatic heterocycles. The quantitative estimate of drug-likeness (QED) is 0.320. The molecule has 164 valence electrons. The van der Waals surface area contributed by atoms with Gasteiger partial charge in [0.2, 0.25) is 5.91 Å². The van der Waals surface area contributed by atoms with Crippen molar-refractivity contribution in [1.82, 2.24) is 25.0 Å². The summed E-state index contributed by atoms with van der Waals surface area (Å²) >= 11 is 7.00. The van der Waals surface area contributed by atoms with Crippen molar-refractivity contribution in [3.05, 3.63) is 71.0 Å². The third kappa shape index (κ3) is 5.17. The average molecular weight is 479 g/mol. The summed E-state index contributed by atoms with van der Waals surface area (Å²) in [4.78, 5) is 20.6. The van der Waals surface area contributed by atoms with E-state index in [0.29, 0.717) is 27.8 Å². The molecule has 0 saturated heterocycles. The molecule has 2 heterocycles. The van der Waals surface area contributed by atoms with Gasteiger partial charge in [-0.05, 0) is 35.9 Å². The molecule has 12 heteroatoms. The summed E-state index contributed by atoms with van der Waals surface area (Å²) in [6.07, 6.45) is -3.14. The van der Waals surface area contributed by atoms with Crippen LogP contribution in [0.4, 0.5) is 18.9 Å². The molecule has 0 bridgehead atoms. The Labute approximate surface area is 189 Å². The number of aromatic nitrogens is 5. The highest BCUT2D eigenvalue weighted by Crippen LogP contribution is 2.31. The molecule has 0 atom stereocenters. The molecule has 4 rings (SSSR count). The maximum Gasteiger partial charge on any atom is 0.416 e. The molecular formula is C20H14ClF3N6OS. The number of hydrogen-bond acceptors (Lipinski definition) is 6. The van der Waals surface area contributed by atoms with E-state index in [1.807, 2.05) is 12.1 Å². The number of amides is 1. The average Bonchev–Trinajstić information content (AvgIpc) is 3.17. The number of thioether (sulfide) groups is 1. The first-order valence-electron chi connectivity index (χ1n) is 9.18. The van der Waals surface area contributed by atoms with E-state index in [1.165, 1.54) is 18.5 Å². The summed E-state index contributed by atoms with van der Waals surface area (Å²) < 4.78 is 40.1. The Hall–Kier alpha value is -3.18. The van der Waals surface area contributed by atoms with E-state index >= 15 is 0 Å². The maximum absolute atomic E-state index is 12.8. The molecule has 0 aliphatic rings. The molecule has 0 spiro atoms. The first kappa shape index (κ1) is 22.0. The minimum absolute atomic E-state index is 0.0622. The lowest BCUT2D eigenvalue weighted by atomic mass is 10.2. The Kier molecular flexibility index (Phi) is 6.28. The fourth-order valence-corrected chi connectivity index (χ4v) is 3.71.